The number of imidazole rings is 1. The molecule has 4 atom stereocenters. The summed E-state index contributed by atoms with van der Waals surface area (Å²) in [5.74, 6) is 0. The lowest BCUT2D eigenvalue weighted by atomic mass is 10.1. The Labute approximate surface area is 112 Å². The van der Waals surface area contributed by atoms with E-state index in [1.54, 1.807) is 0 Å². The Balaban J connectivity index is 2.04. The van der Waals surface area contributed by atoms with Crippen LogP contribution in [-0.4, -0.2) is 61.8 Å². The van der Waals surface area contributed by atoms with Gasteiger partial charge in [-0.3, -0.25) is 9.36 Å². The molecule has 3 rings (SSSR count). The van der Waals surface area contributed by atoms with E-state index in [2.05, 4.69) is 15.0 Å². The van der Waals surface area contributed by atoms with Gasteiger partial charge in [-0.1, -0.05) is 0 Å². The lowest BCUT2D eigenvalue weighted by Crippen LogP contribution is -2.35. The first-order valence-corrected chi connectivity index (χ1v) is 6.04. The number of nitrogens with zero attached hydrogens (tertiary/aromatic N) is 3. The predicted molar refractivity (Wildman–Crippen MR) is 65.9 cm³/mol. The third-order valence-corrected chi connectivity index (χ3v) is 3.40. The van der Waals surface area contributed by atoms with Crippen molar-refractivity contribution in [3.63, 3.8) is 0 Å². The van der Waals surface area contributed by atoms with Crippen molar-refractivity contribution in [1.82, 2.24) is 19.5 Å². The molecule has 2 aromatic heterocycles. The summed E-state index contributed by atoms with van der Waals surface area (Å²) in [7, 11) is 1.43. The van der Waals surface area contributed by atoms with Crippen molar-refractivity contribution in [2.24, 2.45) is 0 Å². The molecule has 20 heavy (non-hydrogen) atoms. The molecule has 0 amide bonds. The highest BCUT2D eigenvalue weighted by molar-refractivity contribution is 5.68. The molecule has 0 aromatic carbocycles. The number of aromatic nitrogens is 4. The van der Waals surface area contributed by atoms with Crippen LogP contribution in [0.15, 0.2) is 17.4 Å². The van der Waals surface area contributed by atoms with Gasteiger partial charge < -0.3 is 24.7 Å². The van der Waals surface area contributed by atoms with Crippen molar-refractivity contribution in [3.8, 4) is 0 Å². The maximum absolute atomic E-state index is 11.6. The minimum absolute atomic E-state index is 0.157. The monoisotopic (exact) mass is 282 g/mol. The zero-order valence-corrected chi connectivity index (χ0v) is 10.6. The van der Waals surface area contributed by atoms with Crippen LogP contribution >= 0.6 is 0 Å². The van der Waals surface area contributed by atoms with Crippen molar-refractivity contribution < 1.29 is 19.7 Å². The van der Waals surface area contributed by atoms with Gasteiger partial charge in [-0.05, 0) is 0 Å². The molecular formula is C11H14N4O5. The highest BCUT2D eigenvalue weighted by atomic mass is 16.6. The lowest BCUT2D eigenvalue weighted by Gasteiger charge is -2.17. The van der Waals surface area contributed by atoms with Gasteiger partial charge in [0.05, 0.1) is 19.3 Å². The average molecular weight is 282 g/mol. The second-order valence-corrected chi connectivity index (χ2v) is 4.49. The Morgan fingerprint density at radius 1 is 1.55 bits per heavy atom. The van der Waals surface area contributed by atoms with Gasteiger partial charge in [0.25, 0.3) is 5.56 Å². The van der Waals surface area contributed by atoms with Crippen molar-refractivity contribution in [2.75, 3.05) is 13.7 Å². The fraction of sp³-hybridized carbons (Fsp3) is 0.545. The molecule has 2 aromatic rings. The summed E-state index contributed by atoms with van der Waals surface area (Å²) in [5.41, 5.74) is 0.0826. The van der Waals surface area contributed by atoms with Crippen LogP contribution in [0.2, 0.25) is 0 Å². The van der Waals surface area contributed by atoms with E-state index in [9.17, 15) is 15.0 Å². The Morgan fingerprint density at radius 3 is 3.00 bits per heavy atom. The van der Waals surface area contributed by atoms with Crippen molar-refractivity contribution in [3.05, 3.63) is 23.0 Å². The maximum Gasteiger partial charge on any atom is 0.278 e. The van der Waals surface area contributed by atoms with Crippen LogP contribution in [0.25, 0.3) is 11.2 Å². The molecule has 3 heterocycles. The topological polar surface area (TPSA) is 122 Å². The summed E-state index contributed by atoms with van der Waals surface area (Å²) in [6, 6.07) is 0. The summed E-state index contributed by atoms with van der Waals surface area (Å²) in [6.07, 6.45) is -0.523. The number of nitrogens with one attached hydrogen (secondary N) is 1. The average Bonchev–Trinajstić information content (AvgIpc) is 3.00. The molecule has 0 saturated carbocycles. The smallest absolute Gasteiger partial charge is 0.278 e. The normalized spacial score (nSPS) is 30.1. The van der Waals surface area contributed by atoms with Crippen LogP contribution in [0.3, 0.4) is 0 Å². The van der Waals surface area contributed by atoms with Crippen molar-refractivity contribution in [1.29, 1.82) is 0 Å². The molecule has 9 heteroatoms. The molecule has 108 valence electrons. The van der Waals surface area contributed by atoms with E-state index in [0.29, 0.717) is 5.65 Å². The quantitative estimate of drug-likeness (QED) is 0.618. The SMILES string of the molecule is CO[C@H]1[C@H](O)[C@@H](n2cnc3c(=O)[nH]cnc32)O[C@H]1CO. The largest absolute Gasteiger partial charge is 0.394 e. The van der Waals surface area contributed by atoms with Crippen molar-refractivity contribution in [2.45, 2.75) is 24.5 Å². The minimum atomic E-state index is -1.00. The number of aromatic amines is 1. The third-order valence-electron chi connectivity index (χ3n) is 3.40. The maximum atomic E-state index is 11.6. The Kier molecular flexibility index (Phi) is 3.26. The first-order valence-electron chi connectivity index (χ1n) is 6.04. The second kappa shape index (κ2) is 4.94. The Hall–Kier alpha value is -1.81. The van der Waals surface area contributed by atoms with Gasteiger partial charge >= 0.3 is 0 Å². The summed E-state index contributed by atoms with van der Waals surface area (Å²) in [4.78, 5) is 22.0. The number of methoxy groups -OCH3 is 1. The fourth-order valence-electron chi connectivity index (χ4n) is 2.44. The molecule has 9 nitrogen and oxygen atoms in total. The van der Waals surface area contributed by atoms with E-state index in [-0.39, 0.29) is 17.7 Å². The van der Waals surface area contributed by atoms with Gasteiger partial charge in [-0.15, -0.1) is 0 Å². The number of rotatable bonds is 3. The lowest BCUT2D eigenvalue weighted by molar-refractivity contribution is -0.0535. The first-order chi connectivity index (χ1) is 9.67. The van der Waals surface area contributed by atoms with E-state index < -0.39 is 24.5 Å². The number of hydrogen-bond donors (Lipinski definition) is 3. The van der Waals surface area contributed by atoms with E-state index in [4.69, 9.17) is 9.47 Å². The molecule has 0 bridgehead atoms. The highest BCUT2D eigenvalue weighted by Gasteiger charge is 2.45. The van der Waals surface area contributed by atoms with Crippen LogP contribution in [0.4, 0.5) is 0 Å². The standard InChI is InChI=1S/C11H14N4O5/c1-19-8-5(2-16)20-11(7(8)17)15-4-14-6-9(15)12-3-13-10(6)18/h3-5,7-8,11,16-17H,2H2,1H3,(H,12,13,18)/t5-,7-,8+,11-/m0/s1. The van der Waals surface area contributed by atoms with Gasteiger partial charge in [0.1, 0.15) is 18.3 Å². The molecule has 0 radical (unpaired) electrons. The molecule has 1 saturated heterocycles. The minimum Gasteiger partial charge on any atom is -0.394 e. The Bertz CT molecular complexity index is 668. The number of hydrogen-bond acceptors (Lipinski definition) is 7. The van der Waals surface area contributed by atoms with Gasteiger partial charge in [0, 0.05) is 7.11 Å². The van der Waals surface area contributed by atoms with E-state index >= 15 is 0 Å². The number of H-pyrrole nitrogens is 1. The van der Waals surface area contributed by atoms with Crippen LogP contribution in [0.5, 0.6) is 0 Å². The number of fused-ring (bicyclic) bond motifs is 1. The molecule has 0 unspecified atom stereocenters. The zero-order chi connectivity index (χ0) is 14.3. The van der Waals surface area contributed by atoms with Gasteiger partial charge in [0.2, 0.25) is 0 Å². The van der Waals surface area contributed by atoms with Gasteiger partial charge in [0.15, 0.2) is 17.4 Å². The summed E-state index contributed by atoms with van der Waals surface area (Å²) >= 11 is 0. The highest BCUT2D eigenvalue weighted by Crippen LogP contribution is 2.32. The van der Waals surface area contributed by atoms with E-state index in [1.807, 2.05) is 0 Å². The first kappa shape index (κ1) is 13.2. The van der Waals surface area contributed by atoms with Gasteiger partial charge in [-0.2, -0.15) is 0 Å². The summed E-state index contributed by atoms with van der Waals surface area (Å²) in [5, 5.41) is 19.5. The fourth-order valence-corrected chi connectivity index (χ4v) is 2.44. The second-order valence-electron chi connectivity index (χ2n) is 4.49. The third kappa shape index (κ3) is 1.83. The number of aliphatic hydroxyl groups is 2. The van der Waals surface area contributed by atoms with Crippen LogP contribution in [0.1, 0.15) is 6.23 Å². The number of ether oxygens (including phenoxy) is 2. The van der Waals surface area contributed by atoms with Crippen molar-refractivity contribution >= 4 is 11.2 Å². The van der Waals surface area contributed by atoms with Gasteiger partial charge in [-0.25, -0.2) is 9.97 Å². The molecule has 0 spiro atoms. The molecule has 0 aliphatic carbocycles. The van der Waals surface area contributed by atoms with E-state index in [1.165, 1.54) is 24.3 Å². The zero-order valence-electron chi connectivity index (χ0n) is 10.6. The van der Waals surface area contributed by atoms with Crippen LogP contribution in [0, 0.1) is 0 Å². The summed E-state index contributed by atoms with van der Waals surface area (Å²) < 4.78 is 12.2. The molecule has 1 aliphatic heterocycles. The molecule has 1 fully saturated rings. The van der Waals surface area contributed by atoms with Crippen LogP contribution in [-0.2, 0) is 9.47 Å². The Morgan fingerprint density at radius 2 is 2.35 bits per heavy atom. The molecular weight excluding hydrogens is 268 g/mol. The predicted octanol–water partition coefficient (Wildman–Crippen LogP) is -1.61. The van der Waals surface area contributed by atoms with Crippen LogP contribution < -0.4 is 5.56 Å². The van der Waals surface area contributed by atoms with E-state index in [0.717, 1.165) is 0 Å². The molecule has 1 aliphatic rings. The molecule has 3 N–H and O–H groups in total. The number of aliphatic hydroxyl groups excluding tert-OH is 2. The summed E-state index contributed by atoms with van der Waals surface area (Å²) in [6.45, 7) is -0.285.